The Morgan fingerprint density at radius 3 is 1.43 bits per heavy atom. The molecule has 0 aliphatic rings. The molecule has 2 heterocycles. The molecule has 0 N–H and O–H groups in total. The van der Waals surface area contributed by atoms with Gasteiger partial charge in [-0.05, 0) is 84.3 Å². The minimum Gasteiger partial charge on any atom is -0.457 e. The summed E-state index contributed by atoms with van der Waals surface area (Å²) in [6.45, 7) is 2.02. The highest BCUT2D eigenvalue weighted by Crippen LogP contribution is 2.29. The number of nitrogens with zero attached hydrogens (tertiary/aromatic N) is 2. The van der Waals surface area contributed by atoms with Gasteiger partial charge in [-0.15, -0.1) is 0 Å². The van der Waals surface area contributed by atoms with Gasteiger partial charge in [-0.25, -0.2) is 4.57 Å². The summed E-state index contributed by atoms with van der Waals surface area (Å²) in [6, 6.07) is 32.6. The maximum Gasteiger partial charge on any atom is 0.266 e. The summed E-state index contributed by atoms with van der Waals surface area (Å²) in [6.07, 6.45) is 0. The Balaban J connectivity index is 1.13. The van der Waals surface area contributed by atoms with Crippen LogP contribution in [0, 0.1) is 6.92 Å². The van der Waals surface area contributed by atoms with E-state index in [1.165, 1.54) is 19.2 Å². The van der Waals surface area contributed by atoms with Crippen molar-refractivity contribution in [2.24, 2.45) is 7.05 Å². The highest BCUT2D eigenvalue weighted by Gasteiger charge is 2.19. The number of fused-ring (bicyclic) bond motifs is 2. The fraction of sp³-hybridized carbons (Fsp3) is 0.0556. The van der Waals surface area contributed by atoms with E-state index in [-0.39, 0.29) is 21.5 Å². The van der Waals surface area contributed by atoms with E-state index < -0.39 is 22.2 Å². The molecule has 0 bridgehead atoms. The molecule has 0 atom stereocenters. The minimum absolute atomic E-state index is 0.0851. The summed E-state index contributed by atoms with van der Waals surface area (Å²) in [7, 11) is 1.37. The largest absolute Gasteiger partial charge is 0.457 e. The number of hydrogen-bond acceptors (Lipinski definition) is 6. The first-order valence-electron chi connectivity index (χ1n) is 13.9. The predicted octanol–water partition coefficient (Wildman–Crippen LogP) is 6.00. The van der Waals surface area contributed by atoms with Gasteiger partial charge in [0.2, 0.25) is 0 Å². The summed E-state index contributed by atoms with van der Waals surface area (Å²) in [5.41, 5.74) is 1.31. The van der Waals surface area contributed by atoms with Gasteiger partial charge in [-0.1, -0.05) is 42.5 Å². The van der Waals surface area contributed by atoms with Crippen molar-refractivity contribution in [3.63, 3.8) is 0 Å². The third-order valence-electron chi connectivity index (χ3n) is 7.67. The van der Waals surface area contributed by atoms with Gasteiger partial charge in [-0.3, -0.25) is 23.7 Å². The van der Waals surface area contributed by atoms with Crippen LogP contribution in [0.5, 0.6) is 23.0 Å². The lowest BCUT2D eigenvalue weighted by atomic mass is 10.1. The standard InChI is InChI=1S/C36H24N2O6/c1-21-5-3-7-27(17-21)43-25-13-9-22(10-14-25)23-11-15-26(16-12-23)44-28-8-4-6-24(18-28)38-35(41)31-19-29-30(20-32(31)36(38)42)34(40)37(2)33(29)39/h3-20H,1-2H3. The lowest BCUT2D eigenvalue weighted by Gasteiger charge is -2.10. The monoisotopic (exact) mass is 580 g/mol. The zero-order valence-electron chi connectivity index (χ0n) is 23.7. The predicted molar refractivity (Wildman–Crippen MR) is 170 cm³/mol. The third kappa shape index (κ3) is 4.59. The van der Waals surface area contributed by atoms with Crippen molar-refractivity contribution in [1.82, 2.24) is 9.13 Å². The fourth-order valence-corrected chi connectivity index (χ4v) is 5.40. The first kappa shape index (κ1) is 26.9. The quantitative estimate of drug-likeness (QED) is 0.240. The van der Waals surface area contributed by atoms with Gasteiger partial charge in [0.05, 0.1) is 27.2 Å². The SMILES string of the molecule is Cc1cccc(Oc2ccc(-c3ccc(Oc4cccc(-n5c(=O)c6cc7c(=O)n(C)c(=O)c7cc6c5=O)c4)cc3)cc2)c1. The van der Waals surface area contributed by atoms with E-state index >= 15 is 0 Å². The van der Waals surface area contributed by atoms with Crippen LogP contribution < -0.4 is 31.7 Å². The van der Waals surface area contributed by atoms with Crippen LogP contribution in [0.2, 0.25) is 0 Å². The van der Waals surface area contributed by atoms with Crippen molar-refractivity contribution < 1.29 is 9.47 Å². The summed E-state index contributed by atoms with van der Waals surface area (Å²) in [5, 5.41) is 0.404. The van der Waals surface area contributed by atoms with Crippen LogP contribution in [-0.2, 0) is 7.05 Å². The average Bonchev–Trinajstić information content (AvgIpc) is 3.40. The molecule has 5 aromatic carbocycles. The molecule has 8 heteroatoms. The van der Waals surface area contributed by atoms with Crippen LogP contribution in [0.25, 0.3) is 38.4 Å². The Morgan fingerprint density at radius 1 is 0.477 bits per heavy atom. The van der Waals surface area contributed by atoms with Crippen LogP contribution in [-0.4, -0.2) is 9.13 Å². The summed E-state index contributed by atoms with van der Waals surface area (Å²) in [5.74, 6) is 2.54. The number of aryl methyl sites for hydroxylation is 1. The Bertz CT molecular complexity index is 2350. The van der Waals surface area contributed by atoms with E-state index in [0.717, 1.165) is 37.3 Å². The van der Waals surface area contributed by atoms with Gasteiger partial charge in [0, 0.05) is 13.1 Å². The van der Waals surface area contributed by atoms with Gasteiger partial charge in [0.1, 0.15) is 23.0 Å². The number of hydrogen-bond donors (Lipinski definition) is 0. The van der Waals surface area contributed by atoms with E-state index in [4.69, 9.17) is 9.47 Å². The van der Waals surface area contributed by atoms with E-state index in [2.05, 4.69) is 0 Å². The Hall–Kier alpha value is -6.02. The van der Waals surface area contributed by atoms with E-state index in [1.54, 1.807) is 24.3 Å². The van der Waals surface area contributed by atoms with Crippen molar-refractivity contribution in [3.8, 4) is 39.8 Å². The molecule has 7 rings (SSSR count). The molecule has 0 aliphatic heterocycles. The second-order valence-corrected chi connectivity index (χ2v) is 10.6. The van der Waals surface area contributed by atoms with Crippen molar-refractivity contribution >= 4 is 21.5 Å². The van der Waals surface area contributed by atoms with E-state index in [0.29, 0.717) is 17.2 Å². The zero-order valence-corrected chi connectivity index (χ0v) is 23.7. The molecular weight excluding hydrogens is 556 g/mol. The molecule has 44 heavy (non-hydrogen) atoms. The molecule has 0 radical (unpaired) electrons. The average molecular weight is 581 g/mol. The molecule has 0 saturated heterocycles. The van der Waals surface area contributed by atoms with Crippen LogP contribution in [0.4, 0.5) is 0 Å². The molecule has 0 amide bonds. The van der Waals surface area contributed by atoms with Crippen LogP contribution >= 0.6 is 0 Å². The second-order valence-electron chi connectivity index (χ2n) is 10.6. The smallest absolute Gasteiger partial charge is 0.266 e. The lowest BCUT2D eigenvalue weighted by Crippen LogP contribution is -2.23. The topological polar surface area (TPSA) is 96.6 Å². The molecule has 2 aromatic heterocycles. The van der Waals surface area contributed by atoms with Crippen molar-refractivity contribution in [1.29, 1.82) is 0 Å². The number of aromatic nitrogens is 2. The molecule has 7 aromatic rings. The van der Waals surface area contributed by atoms with Crippen LogP contribution in [0.3, 0.4) is 0 Å². The highest BCUT2D eigenvalue weighted by atomic mass is 16.5. The Labute approximate surface area is 249 Å². The van der Waals surface area contributed by atoms with Crippen molar-refractivity contribution in [2.75, 3.05) is 0 Å². The first-order chi connectivity index (χ1) is 21.3. The molecule has 214 valence electrons. The Morgan fingerprint density at radius 2 is 0.932 bits per heavy atom. The maximum absolute atomic E-state index is 13.3. The van der Waals surface area contributed by atoms with Gasteiger partial charge in [0.25, 0.3) is 22.2 Å². The number of rotatable bonds is 6. The second kappa shape index (κ2) is 10.4. The van der Waals surface area contributed by atoms with E-state index in [9.17, 15) is 19.2 Å². The molecule has 8 nitrogen and oxygen atoms in total. The minimum atomic E-state index is -0.570. The van der Waals surface area contributed by atoms with Crippen molar-refractivity contribution in [2.45, 2.75) is 6.92 Å². The molecule has 0 spiro atoms. The van der Waals surface area contributed by atoms with Gasteiger partial charge >= 0.3 is 0 Å². The van der Waals surface area contributed by atoms with Crippen LogP contribution in [0.1, 0.15) is 5.56 Å². The maximum atomic E-state index is 13.3. The summed E-state index contributed by atoms with van der Waals surface area (Å²) >= 11 is 0. The Kier molecular flexibility index (Phi) is 6.32. The number of ether oxygens (including phenoxy) is 2. The molecule has 0 saturated carbocycles. The highest BCUT2D eigenvalue weighted by molar-refractivity contribution is 5.98. The zero-order chi connectivity index (χ0) is 30.5. The summed E-state index contributed by atoms with van der Waals surface area (Å²) < 4.78 is 14.0. The third-order valence-corrected chi connectivity index (χ3v) is 7.67. The first-order valence-corrected chi connectivity index (χ1v) is 13.9. The molecule has 0 unspecified atom stereocenters. The lowest BCUT2D eigenvalue weighted by molar-refractivity contribution is 0.482. The molecule has 0 aliphatic carbocycles. The van der Waals surface area contributed by atoms with Crippen LogP contribution in [0.15, 0.2) is 128 Å². The molecular formula is C36H24N2O6. The van der Waals surface area contributed by atoms with Gasteiger partial charge in [-0.2, -0.15) is 0 Å². The van der Waals surface area contributed by atoms with Gasteiger partial charge < -0.3 is 9.47 Å². The van der Waals surface area contributed by atoms with Gasteiger partial charge in [0.15, 0.2) is 0 Å². The van der Waals surface area contributed by atoms with E-state index in [1.807, 2.05) is 79.7 Å². The summed E-state index contributed by atoms with van der Waals surface area (Å²) in [4.78, 5) is 51.4. The van der Waals surface area contributed by atoms with Crippen molar-refractivity contribution in [3.05, 3.63) is 156 Å². The molecule has 0 fully saturated rings. The fourth-order valence-electron chi connectivity index (χ4n) is 5.40. The normalized spacial score (nSPS) is 11.3. The number of benzene rings is 5.